The molecule has 0 saturated heterocycles. The second-order valence-electron chi connectivity index (χ2n) is 12.4. The van der Waals surface area contributed by atoms with Gasteiger partial charge in [0.25, 0.3) is 0 Å². The zero-order valence-corrected chi connectivity index (χ0v) is 24.5. The summed E-state index contributed by atoms with van der Waals surface area (Å²) >= 11 is 0. The maximum atomic E-state index is 11.2. The Bertz CT molecular complexity index is 1030. The largest absolute Gasteiger partial charge is 0.417 e. The summed E-state index contributed by atoms with van der Waals surface area (Å²) in [4.78, 5) is 0. The molecule has 5 heteroatoms. The summed E-state index contributed by atoms with van der Waals surface area (Å²) in [6.45, 7) is 19.0. The molecule has 0 amide bonds. The van der Waals surface area contributed by atoms with Gasteiger partial charge in [-0.1, -0.05) is 76.5 Å². The van der Waals surface area contributed by atoms with Crippen LogP contribution in [0.4, 0.5) is 0 Å². The van der Waals surface area contributed by atoms with E-state index in [0.717, 1.165) is 60.6 Å². The maximum absolute atomic E-state index is 11.2. The fourth-order valence-corrected chi connectivity index (χ4v) is 7.28. The minimum absolute atomic E-state index is 0.216. The van der Waals surface area contributed by atoms with Gasteiger partial charge >= 0.3 is 0 Å². The van der Waals surface area contributed by atoms with E-state index < -0.39 is 28.6 Å². The topological polar surface area (TPSA) is 49.7 Å². The smallest absolute Gasteiger partial charge is 0.191 e. The first-order chi connectivity index (χ1) is 15.8. The van der Waals surface area contributed by atoms with Crippen LogP contribution in [0.1, 0.15) is 57.6 Å². The molecule has 3 nitrogen and oxygen atoms in total. The van der Waals surface area contributed by atoms with Crippen molar-refractivity contribution in [1.29, 1.82) is 0 Å². The highest BCUT2D eigenvalue weighted by atomic mass is 28.4. The average molecular weight is 497 g/mol. The molecule has 186 valence electrons. The Balaban J connectivity index is 1.92. The van der Waals surface area contributed by atoms with Crippen molar-refractivity contribution in [2.45, 2.75) is 103 Å². The molecule has 0 bridgehead atoms. The van der Waals surface area contributed by atoms with E-state index in [1.54, 1.807) is 0 Å². The van der Waals surface area contributed by atoms with Crippen LogP contribution in [0.25, 0.3) is 5.57 Å². The van der Waals surface area contributed by atoms with Crippen molar-refractivity contribution in [3.63, 3.8) is 0 Å². The predicted octanol–water partition coefficient (Wildman–Crippen LogP) is 6.49. The van der Waals surface area contributed by atoms with Crippen LogP contribution in [0.15, 0.2) is 40.6 Å². The van der Waals surface area contributed by atoms with E-state index in [4.69, 9.17) is 4.43 Å². The molecular weight excluding hydrogens is 452 g/mol. The van der Waals surface area contributed by atoms with Gasteiger partial charge in [-0.25, -0.2) is 0 Å². The third kappa shape index (κ3) is 5.69. The molecule has 2 N–H and O–H groups in total. The Kier molecular flexibility index (Phi) is 8.22. The molecule has 1 aromatic carbocycles. The van der Waals surface area contributed by atoms with Crippen LogP contribution in [0.3, 0.4) is 0 Å². The van der Waals surface area contributed by atoms with Gasteiger partial charge in [0, 0.05) is 13.0 Å². The lowest BCUT2D eigenvalue weighted by molar-refractivity contribution is 0.0739. The molecule has 0 saturated carbocycles. The van der Waals surface area contributed by atoms with Crippen molar-refractivity contribution in [3.05, 3.63) is 51.7 Å². The van der Waals surface area contributed by atoms with Crippen LogP contribution in [0.5, 0.6) is 0 Å². The number of hydrogen-bond donors (Lipinski definition) is 2. The van der Waals surface area contributed by atoms with Gasteiger partial charge in [0.2, 0.25) is 0 Å². The van der Waals surface area contributed by atoms with E-state index in [9.17, 15) is 10.2 Å². The van der Waals surface area contributed by atoms with Crippen LogP contribution in [0, 0.1) is 11.8 Å². The van der Waals surface area contributed by atoms with Gasteiger partial charge in [0.05, 0.1) is 8.07 Å². The standard InChI is InChI=1S/C29H44O3Si2/c1-29(2,3)34(7,8)32-20-13-9-10-19-24(33(4,5)6)26-25-22-17-12-11-15-21(22)16-14-18-23(25)27(30)28(26)31/h11-12,15,17,27-28,30-31H,9,13-14,16,18,20H2,1-8H3/b26-24-/t27-,28+/m0/s1. The van der Waals surface area contributed by atoms with E-state index in [-0.39, 0.29) is 5.04 Å². The number of benzene rings is 1. The molecule has 0 unspecified atom stereocenters. The highest BCUT2D eigenvalue weighted by Gasteiger charge is 2.41. The summed E-state index contributed by atoms with van der Waals surface area (Å²) in [6.07, 6.45) is 2.78. The lowest BCUT2D eigenvalue weighted by Gasteiger charge is -2.36. The number of allylic oxidation sites excluding steroid dienone is 1. The van der Waals surface area contributed by atoms with Crippen LogP contribution in [0.2, 0.25) is 37.8 Å². The Morgan fingerprint density at radius 2 is 1.71 bits per heavy atom. The minimum atomic E-state index is -1.88. The van der Waals surface area contributed by atoms with Crippen molar-refractivity contribution < 1.29 is 14.6 Å². The van der Waals surface area contributed by atoms with Crippen LogP contribution in [-0.2, 0) is 10.8 Å². The van der Waals surface area contributed by atoms with Gasteiger partial charge in [0.1, 0.15) is 12.2 Å². The number of unbranched alkanes of at least 4 members (excludes halogenated alkanes) is 1. The Morgan fingerprint density at radius 3 is 2.35 bits per heavy atom. The Hall–Kier alpha value is -1.43. The molecule has 0 fully saturated rings. The van der Waals surface area contributed by atoms with Gasteiger partial charge in [-0.15, -0.1) is 0 Å². The SMILES string of the molecule is CC(C)(C)[Si](C)(C)OCCCC#C/C(=C1\C2=C(CCCc3ccccc32)[C@H](O)[C@@H]1O)[Si](C)(C)C. The fraction of sp³-hybridized carbons (Fsp3) is 0.586. The van der Waals surface area contributed by atoms with Gasteiger partial charge in [-0.3, -0.25) is 0 Å². The maximum Gasteiger partial charge on any atom is 0.191 e. The number of aryl methyl sites for hydroxylation is 1. The second kappa shape index (κ2) is 10.3. The lowest BCUT2D eigenvalue weighted by Crippen LogP contribution is -2.40. The molecular formula is C29H44O3Si2. The third-order valence-corrected chi connectivity index (χ3v) is 14.1. The van der Waals surface area contributed by atoms with E-state index in [1.165, 1.54) is 11.1 Å². The monoisotopic (exact) mass is 496 g/mol. The quantitative estimate of drug-likeness (QED) is 0.278. The summed E-state index contributed by atoms with van der Waals surface area (Å²) in [5.74, 6) is 6.92. The molecule has 0 aromatic heterocycles. The molecule has 2 atom stereocenters. The minimum Gasteiger partial charge on any atom is -0.417 e. The summed E-state index contributed by atoms with van der Waals surface area (Å²) in [6, 6.07) is 8.48. The van der Waals surface area contributed by atoms with Crippen molar-refractivity contribution in [1.82, 2.24) is 0 Å². The molecule has 0 spiro atoms. The lowest BCUT2D eigenvalue weighted by atomic mass is 9.93. The first-order valence-electron chi connectivity index (χ1n) is 12.8. The van der Waals surface area contributed by atoms with Crippen molar-refractivity contribution in [3.8, 4) is 11.8 Å². The van der Waals surface area contributed by atoms with E-state index in [2.05, 4.69) is 89.6 Å². The summed E-state index contributed by atoms with van der Waals surface area (Å²) in [7, 11) is -3.61. The highest BCUT2D eigenvalue weighted by Crippen LogP contribution is 2.46. The summed E-state index contributed by atoms with van der Waals surface area (Å²) in [5, 5.41) is 23.6. The second-order valence-corrected chi connectivity index (χ2v) is 22.2. The van der Waals surface area contributed by atoms with Gasteiger partial charge in [-0.2, -0.15) is 0 Å². The molecule has 0 aliphatic heterocycles. The van der Waals surface area contributed by atoms with Crippen molar-refractivity contribution >= 4 is 22.0 Å². The molecule has 2 aliphatic rings. The predicted molar refractivity (Wildman–Crippen MR) is 149 cm³/mol. The first-order valence-corrected chi connectivity index (χ1v) is 19.2. The Labute approximate surface area is 209 Å². The molecule has 3 rings (SSSR count). The zero-order chi connectivity index (χ0) is 25.3. The van der Waals surface area contributed by atoms with Gasteiger partial charge in [0.15, 0.2) is 8.32 Å². The average Bonchev–Trinajstić information content (AvgIpc) is 2.87. The van der Waals surface area contributed by atoms with Gasteiger partial charge in [-0.05, 0) is 76.9 Å². The zero-order valence-electron chi connectivity index (χ0n) is 22.5. The highest BCUT2D eigenvalue weighted by molar-refractivity contribution is 6.84. The van der Waals surface area contributed by atoms with Gasteiger partial charge < -0.3 is 14.6 Å². The number of aliphatic hydroxyl groups excluding tert-OH is 2. The molecule has 0 heterocycles. The van der Waals surface area contributed by atoms with Crippen LogP contribution < -0.4 is 0 Å². The normalized spacial score (nSPS) is 22.5. The summed E-state index contributed by atoms with van der Waals surface area (Å²) in [5.41, 5.74) is 5.42. The fourth-order valence-electron chi connectivity index (χ4n) is 4.65. The third-order valence-electron chi connectivity index (χ3n) is 7.67. The first kappa shape index (κ1) is 27.2. The number of hydrogen-bond acceptors (Lipinski definition) is 3. The van der Waals surface area contributed by atoms with Crippen LogP contribution in [-0.4, -0.2) is 45.4 Å². The van der Waals surface area contributed by atoms with Crippen LogP contribution >= 0.6 is 0 Å². The van der Waals surface area contributed by atoms with E-state index >= 15 is 0 Å². The molecule has 1 aromatic rings. The van der Waals surface area contributed by atoms with E-state index in [1.807, 2.05) is 0 Å². The number of aliphatic hydroxyl groups is 2. The summed E-state index contributed by atoms with van der Waals surface area (Å²) < 4.78 is 6.31. The number of fused-ring (bicyclic) bond motifs is 2. The van der Waals surface area contributed by atoms with Crippen molar-refractivity contribution in [2.24, 2.45) is 0 Å². The molecule has 2 aliphatic carbocycles. The number of rotatable bonds is 5. The molecule has 0 radical (unpaired) electrons. The molecule has 34 heavy (non-hydrogen) atoms. The Morgan fingerprint density at radius 1 is 1.03 bits per heavy atom. The van der Waals surface area contributed by atoms with Crippen molar-refractivity contribution in [2.75, 3.05) is 6.61 Å². The van der Waals surface area contributed by atoms with E-state index in [0.29, 0.717) is 0 Å².